The summed E-state index contributed by atoms with van der Waals surface area (Å²) in [5.41, 5.74) is 3.62. The number of hydrogen-bond acceptors (Lipinski definition) is 10. The minimum atomic E-state index is -3.88. The van der Waals surface area contributed by atoms with Crippen LogP contribution in [-0.2, 0) is 28.9 Å². The van der Waals surface area contributed by atoms with E-state index in [1.165, 1.54) is 29.8 Å². The van der Waals surface area contributed by atoms with Crippen LogP contribution in [-0.4, -0.2) is 64.8 Å². The molecule has 1 aliphatic rings. The number of rotatable bonds is 6. The molecule has 2 aromatic rings. The lowest BCUT2D eigenvalue weighted by Gasteiger charge is -2.25. The Morgan fingerprint density at radius 1 is 1.16 bits per heavy atom. The number of nitrogens with zero attached hydrogens (tertiary/aromatic N) is 3. The van der Waals surface area contributed by atoms with E-state index in [9.17, 15) is 27.6 Å². The Kier molecular flexibility index (Phi) is 6.73. The summed E-state index contributed by atoms with van der Waals surface area (Å²) < 4.78 is 33.7. The van der Waals surface area contributed by atoms with Crippen molar-refractivity contribution >= 4 is 50.7 Å². The number of aromatic nitrogens is 2. The molecule has 3 heterocycles. The fourth-order valence-electron chi connectivity index (χ4n) is 2.97. The summed E-state index contributed by atoms with van der Waals surface area (Å²) in [6.07, 6.45) is 0. The molecule has 2 aromatic heterocycles. The molecular formula is C17H20N4O7S3. The highest BCUT2D eigenvalue weighted by molar-refractivity contribution is 7.99. The van der Waals surface area contributed by atoms with E-state index in [1.807, 2.05) is 0 Å². The van der Waals surface area contributed by atoms with Crippen LogP contribution < -0.4 is 17.0 Å². The van der Waals surface area contributed by atoms with Gasteiger partial charge in [-0.05, 0) is 11.4 Å². The number of hydrogen-bond donors (Lipinski definition) is 1. The zero-order valence-corrected chi connectivity index (χ0v) is 19.1. The third kappa shape index (κ3) is 4.33. The van der Waals surface area contributed by atoms with Crippen molar-refractivity contribution in [1.82, 2.24) is 13.4 Å². The Balaban J connectivity index is 1.81. The molecule has 14 heteroatoms. The summed E-state index contributed by atoms with van der Waals surface area (Å²) in [5, 5.41) is 1.45. The average Bonchev–Trinajstić information content (AvgIpc) is 3.26. The number of carbonyl (C=O) groups is 2. The predicted octanol–water partition coefficient (Wildman–Crippen LogP) is -0.495. The van der Waals surface area contributed by atoms with Crippen LogP contribution in [0.15, 0.2) is 25.9 Å². The second kappa shape index (κ2) is 8.98. The summed E-state index contributed by atoms with van der Waals surface area (Å²) in [5.74, 6) is -0.942. The molecule has 0 atom stereocenters. The van der Waals surface area contributed by atoms with Gasteiger partial charge in [-0.15, -0.1) is 11.3 Å². The summed E-state index contributed by atoms with van der Waals surface area (Å²) in [6, 6.07) is 1.32. The van der Waals surface area contributed by atoms with Crippen LogP contribution in [0.2, 0.25) is 0 Å². The summed E-state index contributed by atoms with van der Waals surface area (Å²) in [7, 11) is -1.40. The molecule has 0 radical (unpaired) electrons. The lowest BCUT2D eigenvalue weighted by atomic mass is 10.2. The van der Waals surface area contributed by atoms with Crippen LogP contribution in [0.4, 0.5) is 5.82 Å². The molecule has 1 fully saturated rings. The van der Waals surface area contributed by atoms with Gasteiger partial charge in [0.1, 0.15) is 21.2 Å². The molecular weight excluding hydrogens is 468 g/mol. The van der Waals surface area contributed by atoms with E-state index in [1.54, 1.807) is 11.8 Å². The van der Waals surface area contributed by atoms with E-state index in [2.05, 4.69) is 0 Å². The largest absolute Gasteiger partial charge is 0.453 e. The van der Waals surface area contributed by atoms with Crippen molar-refractivity contribution in [2.45, 2.75) is 4.90 Å². The molecule has 0 saturated carbocycles. The van der Waals surface area contributed by atoms with Crippen molar-refractivity contribution in [3.05, 3.63) is 42.7 Å². The normalized spacial score (nSPS) is 15.0. The second-order valence-electron chi connectivity index (χ2n) is 6.60. The van der Waals surface area contributed by atoms with Gasteiger partial charge in [0.25, 0.3) is 5.56 Å². The van der Waals surface area contributed by atoms with Gasteiger partial charge in [0.15, 0.2) is 6.61 Å². The first-order valence-corrected chi connectivity index (χ1v) is 12.5. The number of carbonyl (C=O) groups excluding carboxylic acids is 2. The Bertz CT molecular complexity index is 1250. The lowest BCUT2D eigenvalue weighted by molar-refractivity contribution is 0.0475. The van der Waals surface area contributed by atoms with Crippen LogP contribution in [0.1, 0.15) is 20.0 Å². The van der Waals surface area contributed by atoms with Gasteiger partial charge in [-0.1, -0.05) is 0 Å². The molecule has 1 saturated heterocycles. The Labute approximate surface area is 185 Å². The van der Waals surface area contributed by atoms with Crippen molar-refractivity contribution in [3.8, 4) is 0 Å². The van der Waals surface area contributed by atoms with Crippen LogP contribution in [0.3, 0.4) is 0 Å². The first kappa shape index (κ1) is 23.2. The third-order valence-corrected chi connectivity index (χ3v) is 8.63. The summed E-state index contributed by atoms with van der Waals surface area (Å²) in [6.45, 7) is -0.162. The van der Waals surface area contributed by atoms with Gasteiger partial charge in [-0.2, -0.15) is 16.1 Å². The number of esters is 1. The molecule has 0 aliphatic carbocycles. The summed E-state index contributed by atoms with van der Waals surface area (Å²) in [4.78, 5) is 48.8. The summed E-state index contributed by atoms with van der Waals surface area (Å²) >= 11 is 2.52. The number of sulfonamides is 1. The minimum absolute atomic E-state index is 0.160. The highest BCUT2D eigenvalue weighted by Gasteiger charge is 2.32. The number of nitrogen functional groups attached to an aromatic ring is 1. The van der Waals surface area contributed by atoms with Gasteiger partial charge >= 0.3 is 11.7 Å². The zero-order valence-electron chi connectivity index (χ0n) is 16.7. The number of thioether (sulfide) groups is 1. The molecule has 168 valence electrons. The fourth-order valence-corrected chi connectivity index (χ4v) is 6.83. The highest BCUT2D eigenvalue weighted by Crippen LogP contribution is 2.27. The maximum absolute atomic E-state index is 12.9. The smallest absolute Gasteiger partial charge is 0.350 e. The first-order valence-electron chi connectivity index (χ1n) is 8.98. The van der Waals surface area contributed by atoms with E-state index in [-0.39, 0.29) is 15.6 Å². The van der Waals surface area contributed by atoms with Crippen molar-refractivity contribution < 1.29 is 22.7 Å². The molecule has 0 amide bonds. The van der Waals surface area contributed by atoms with Crippen molar-refractivity contribution in [1.29, 1.82) is 0 Å². The Morgan fingerprint density at radius 3 is 2.45 bits per heavy atom. The van der Waals surface area contributed by atoms with Gasteiger partial charge in [0.05, 0.1) is 0 Å². The van der Waals surface area contributed by atoms with Crippen LogP contribution in [0.5, 0.6) is 0 Å². The first-order chi connectivity index (χ1) is 14.6. The molecule has 0 bridgehead atoms. The van der Waals surface area contributed by atoms with Crippen molar-refractivity contribution in [2.75, 3.05) is 36.9 Å². The maximum atomic E-state index is 12.9. The molecule has 3 rings (SSSR count). The lowest BCUT2D eigenvalue weighted by Crippen LogP contribution is -2.42. The van der Waals surface area contributed by atoms with Gasteiger partial charge in [-0.25, -0.2) is 18.0 Å². The van der Waals surface area contributed by atoms with Gasteiger partial charge in [0.2, 0.25) is 15.8 Å². The molecule has 0 spiro atoms. The predicted molar refractivity (Wildman–Crippen MR) is 116 cm³/mol. The fraction of sp³-hybridized carbons (Fsp3) is 0.412. The van der Waals surface area contributed by atoms with Crippen LogP contribution in [0.25, 0.3) is 0 Å². The van der Waals surface area contributed by atoms with E-state index >= 15 is 0 Å². The molecule has 2 N–H and O–H groups in total. The maximum Gasteiger partial charge on any atom is 0.350 e. The monoisotopic (exact) mass is 488 g/mol. The quantitative estimate of drug-likeness (QED) is 0.419. The standard InChI is InChI=1S/C17H20N4O7S3/c1-19-14(18)12(15(23)20(2)17(19)25)10(22)9-28-16(24)13-11(3-6-30-13)31(26,27)21-4-7-29-8-5-21/h3,6H,4-5,7-9,18H2,1-2H3. The third-order valence-electron chi connectivity index (χ3n) is 4.73. The molecule has 31 heavy (non-hydrogen) atoms. The van der Waals surface area contributed by atoms with Crippen LogP contribution in [0, 0.1) is 0 Å². The number of ketones is 1. The van der Waals surface area contributed by atoms with Crippen molar-refractivity contribution in [3.63, 3.8) is 0 Å². The number of Topliss-reactive ketones (excluding diaryl/α,β-unsaturated/α-hetero) is 1. The van der Waals surface area contributed by atoms with Gasteiger partial charge < -0.3 is 10.5 Å². The number of anilines is 1. The highest BCUT2D eigenvalue weighted by atomic mass is 32.2. The van der Waals surface area contributed by atoms with Crippen molar-refractivity contribution in [2.24, 2.45) is 14.1 Å². The van der Waals surface area contributed by atoms with Gasteiger partial charge in [-0.3, -0.25) is 18.7 Å². The van der Waals surface area contributed by atoms with E-state index in [0.29, 0.717) is 29.2 Å². The van der Waals surface area contributed by atoms with Crippen LogP contribution >= 0.6 is 23.1 Å². The van der Waals surface area contributed by atoms with E-state index in [0.717, 1.165) is 15.9 Å². The molecule has 11 nitrogen and oxygen atoms in total. The minimum Gasteiger partial charge on any atom is -0.453 e. The Hall–Kier alpha value is -2.42. The zero-order chi connectivity index (χ0) is 22.9. The second-order valence-corrected chi connectivity index (χ2v) is 10.6. The number of ether oxygens (including phenoxy) is 1. The topological polar surface area (TPSA) is 151 Å². The van der Waals surface area contributed by atoms with Gasteiger partial charge in [0, 0.05) is 38.7 Å². The molecule has 0 aromatic carbocycles. The van der Waals surface area contributed by atoms with E-state index < -0.39 is 45.2 Å². The molecule has 1 aliphatic heterocycles. The number of nitrogens with two attached hydrogens (primary N) is 1. The Morgan fingerprint density at radius 2 is 1.81 bits per heavy atom. The number of thiophene rings is 1. The van der Waals surface area contributed by atoms with E-state index in [4.69, 9.17) is 10.5 Å². The average molecular weight is 489 g/mol. The SMILES string of the molecule is Cn1c(N)c(C(=O)COC(=O)c2sccc2S(=O)(=O)N2CCSCC2)c(=O)n(C)c1=O. The molecule has 0 unspecified atom stereocenters.